The first kappa shape index (κ1) is 15.1. The minimum Gasteiger partial charge on any atom is -0.452 e. The van der Waals surface area contributed by atoms with Gasteiger partial charge >= 0.3 is 5.97 Å². The molecule has 0 aliphatic heterocycles. The summed E-state index contributed by atoms with van der Waals surface area (Å²) >= 11 is 3.24. The molecule has 3 N–H and O–H groups in total. The minimum absolute atomic E-state index is 0.286. The number of amides is 1. The molecular formula is C15H13BrN2O3. The maximum absolute atomic E-state index is 11.8. The van der Waals surface area contributed by atoms with Crippen LogP contribution in [0.2, 0.25) is 0 Å². The number of ether oxygens (including phenoxy) is 1. The van der Waals surface area contributed by atoms with Crippen molar-refractivity contribution < 1.29 is 14.3 Å². The maximum Gasteiger partial charge on any atom is 0.338 e. The molecule has 2 rings (SSSR count). The Hall–Kier alpha value is -2.34. The summed E-state index contributed by atoms with van der Waals surface area (Å²) in [5.41, 5.74) is 7.00. The summed E-state index contributed by atoms with van der Waals surface area (Å²) in [5, 5.41) is 2.62. The van der Waals surface area contributed by atoms with Gasteiger partial charge in [-0.2, -0.15) is 0 Å². The number of nitrogens with two attached hydrogens (primary N) is 1. The van der Waals surface area contributed by atoms with Gasteiger partial charge < -0.3 is 15.8 Å². The molecule has 2 aromatic carbocycles. The van der Waals surface area contributed by atoms with Crippen LogP contribution in [-0.4, -0.2) is 18.5 Å². The number of carbonyl (C=O) groups excluding carboxylic acids is 2. The van der Waals surface area contributed by atoms with Gasteiger partial charge in [-0.1, -0.05) is 34.1 Å². The van der Waals surface area contributed by atoms with Crippen LogP contribution >= 0.6 is 15.9 Å². The van der Waals surface area contributed by atoms with Gasteiger partial charge in [0.15, 0.2) is 6.61 Å². The standard InChI is InChI=1S/C15H13BrN2O3/c16-11-6-10(7-12(17)8-11)15(20)21-9-14(19)18-13-4-2-1-3-5-13/h1-8H,9,17H2,(H,18,19). The van der Waals surface area contributed by atoms with Crippen molar-refractivity contribution in [3.8, 4) is 0 Å². The van der Waals surface area contributed by atoms with Gasteiger partial charge in [-0.25, -0.2) is 4.79 Å². The molecule has 5 nitrogen and oxygen atoms in total. The molecule has 21 heavy (non-hydrogen) atoms. The van der Waals surface area contributed by atoms with Gasteiger partial charge in [0, 0.05) is 15.8 Å². The number of halogens is 1. The molecule has 108 valence electrons. The summed E-state index contributed by atoms with van der Waals surface area (Å²) in [6, 6.07) is 13.7. The molecule has 2 aromatic rings. The third-order valence-corrected chi connectivity index (χ3v) is 3.01. The molecule has 0 spiro atoms. The normalized spacial score (nSPS) is 9.95. The molecule has 1 amide bonds. The summed E-state index contributed by atoms with van der Waals surface area (Å²) in [6.45, 7) is -0.361. The first-order chi connectivity index (χ1) is 10.0. The molecule has 0 aliphatic carbocycles. The van der Waals surface area contributed by atoms with Gasteiger partial charge in [-0.05, 0) is 30.3 Å². The number of hydrogen-bond acceptors (Lipinski definition) is 4. The summed E-state index contributed by atoms with van der Waals surface area (Å²) in [6.07, 6.45) is 0. The van der Waals surface area contributed by atoms with Crippen LogP contribution in [-0.2, 0) is 9.53 Å². The highest BCUT2D eigenvalue weighted by molar-refractivity contribution is 9.10. The van der Waals surface area contributed by atoms with Gasteiger partial charge in [0.1, 0.15) is 0 Å². The molecule has 0 saturated heterocycles. The topological polar surface area (TPSA) is 81.4 Å². The van der Waals surface area contributed by atoms with E-state index in [0.717, 1.165) is 0 Å². The maximum atomic E-state index is 11.8. The average molecular weight is 349 g/mol. The van der Waals surface area contributed by atoms with Crippen molar-refractivity contribution in [2.24, 2.45) is 0 Å². The van der Waals surface area contributed by atoms with Crippen molar-refractivity contribution >= 4 is 39.2 Å². The van der Waals surface area contributed by atoms with Crippen molar-refractivity contribution in [1.82, 2.24) is 0 Å². The molecule has 0 unspecified atom stereocenters. The van der Waals surface area contributed by atoms with Gasteiger partial charge in [0.05, 0.1) is 5.56 Å². The summed E-state index contributed by atoms with van der Waals surface area (Å²) in [4.78, 5) is 23.5. The number of para-hydroxylation sites is 1. The zero-order valence-electron chi connectivity index (χ0n) is 11.0. The number of carbonyl (C=O) groups is 2. The van der Waals surface area contributed by atoms with Crippen LogP contribution < -0.4 is 11.1 Å². The van der Waals surface area contributed by atoms with E-state index in [1.807, 2.05) is 6.07 Å². The lowest BCUT2D eigenvalue weighted by Crippen LogP contribution is -2.20. The second-order valence-electron chi connectivity index (χ2n) is 4.26. The molecule has 0 atom stereocenters. The second kappa shape index (κ2) is 6.90. The third-order valence-electron chi connectivity index (χ3n) is 2.55. The van der Waals surface area contributed by atoms with Crippen LogP contribution in [0.5, 0.6) is 0 Å². The Kier molecular flexibility index (Phi) is 4.94. The fraction of sp³-hybridized carbons (Fsp3) is 0.0667. The summed E-state index contributed by atoms with van der Waals surface area (Å²) < 4.78 is 5.61. The first-order valence-electron chi connectivity index (χ1n) is 6.12. The van der Waals surface area contributed by atoms with Crippen LogP contribution in [0.4, 0.5) is 11.4 Å². The summed E-state index contributed by atoms with van der Waals surface area (Å²) in [5.74, 6) is -1.01. The van der Waals surface area contributed by atoms with E-state index < -0.39 is 11.9 Å². The van der Waals surface area contributed by atoms with E-state index in [9.17, 15) is 9.59 Å². The molecule has 0 fully saturated rings. The van der Waals surface area contributed by atoms with Crippen LogP contribution in [0.25, 0.3) is 0 Å². The largest absolute Gasteiger partial charge is 0.452 e. The predicted octanol–water partition coefficient (Wildman–Crippen LogP) is 2.83. The predicted molar refractivity (Wildman–Crippen MR) is 83.9 cm³/mol. The Morgan fingerprint density at radius 2 is 1.86 bits per heavy atom. The average Bonchev–Trinajstić information content (AvgIpc) is 2.45. The van der Waals surface area contributed by atoms with Crippen molar-refractivity contribution in [3.05, 3.63) is 58.6 Å². The molecule has 0 radical (unpaired) electrons. The van der Waals surface area contributed by atoms with Crippen molar-refractivity contribution in [2.45, 2.75) is 0 Å². The van der Waals surface area contributed by atoms with Crippen LogP contribution in [0.3, 0.4) is 0 Å². The zero-order chi connectivity index (χ0) is 15.2. The highest BCUT2D eigenvalue weighted by Crippen LogP contribution is 2.18. The van der Waals surface area contributed by atoms with Gasteiger partial charge in [0.25, 0.3) is 5.91 Å². The number of hydrogen-bond donors (Lipinski definition) is 2. The SMILES string of the molecule is Nc1cc(Br)cc(C(=O)OCC(=O)Nc2ccccc2)c1. The smallest absolute Gasteiger partial charge is 0.338 e. The number of esters is 1. The molecule has 0 heterocycles. The van der Waals surface area contributed by atoms with E-state index in [0.29, 0.717) is 15.8 Å². The number of rotatable bonds is 4. The Morgan fingerprint density at radius 1 is 1.14 bits per heavy atom. The second-order valence-corrected chi connectivity index (χ2v) is 5.18. The Balaban J connectivity index is 1.90. The Morgan fingerprint density at radius 3 is 2.52 bits per heavy atom. The monoisotopic (exact) mass is 348 g/mol. The van der Waals surface area contributed by atoms with Crippen LogP contribution in [0.1, 0.15) is 10.4 Å². The van der Waals surface area contributed by atoms with E-state index in [1.165, 1.54) is 6.07 Å². The fourth-order valence-electron chi connectivity index (χ4n) is 1.66. The minimum atomic E-state index is -0.605. The number of nitrogens with one attached hydrogen (secondary N) is 1. The van der Waals surface area contributed by atoms with E-state index in [1.54, 1.807) is 36.4 Å². The Bertz CT molecular complexity index is 639. The molecule has 0 aliphatic rings. The quantitative estimate of drug-likeness (QED) is 0.657. The molecule has 0 saturated carbocycles. The zero-order valence-corrected chi connectivity index (χ0v) is 12.6. The lowest BCUT2D eigenvalue weighted by molar-refractivity contribution is -0.119. The van der Waals surface area contributed by atoms with E-state index in [2.05, 4.69) is 21.2 Å². The molecule has 0 aromatic heterocycles. The highest BCUT2D eigenvalue weighted by Gasteiger charge is 2.11. The van der Waals surface area contributed by atoms with Gasteiger partial charge in [-0.15, -0.1) is 0 Å². The fourth-order valence-corrected chi connectivity index (χ4v) is 2.17. The summed E-state index contributed by atoms with van der Waals surface area (Å²) in [7, 11) is 0. The number of benzene rings is 2. The lowest BCUT2D eigenvalue weighted by atomic mass is 10.2. The first-order valence-corrected chi connectivity index (χ1v) is 6.92. The molecule has 6 heteroatoms. The molecule has 0 bridgehead atoms. The number of anilines is 2. The van der Waals surface area contributed by atoms with Crippen molar-refractivity contribution in [1.29, 1.82) is 0 Å². The third kappa shape index (κ3) is 4.61. The molecular weight excluding hydrogens is 336 g/mol. The van der Waals surface area contributed by atoms with E-state index in [-0.39, 0.29) is 12.2 Å². The van der Waals surface area contributed by atoms with E-state index >= 15 is 0 Å². The van der Waals surface area contributed by atoms with Crippen molar-refractivity contribution in [3.63, 3.8) is 0 Å². The van der Waals surface area contributed by atoms with Crippen LogP contribution in [0.15, 0.2) is 53.0 Å². The van der Waals surface area contributed by atoms with Gasteiger partial charge in [0.2, 0.25) is 0 Å². The van der Waals surface area contributed by atoms with Crippen LogP contribution in [0, 0.1) is 0 Å². The lowest BCUT2D eigenvalue weighted by Gasteiger charge is -2.07. The van der Waals surface area contributed by atoms with E-state index in [4.69, 9.17) is 10.5 Å². The highest BCUT2D eigenvalue weighted by atomic mass is 79.9. The Labute approximate surface area is 130 Å². The number of nitrogen functional groups attached to an aromatic ring is 1. The van der Waals surface area contributed by atoms with Crippen molar-refractivity contribution in [2.75, 3.05) is 17.7 Å². The van der Waals surface area contributed by atoms with Gasteiger partial charge in [-0.3, -0.25) is 4.79 Å².